The minimum atomic E-state index is -0.287. The zero-order valence-corrected chi connectivity index (χ0v) is 10.3. The Kier molecular flexibility index (Phi) is 3.29. The van der Waals surface area contributed by atoms with Gasteiger partial charge in [-0.15, -0.1) is 0 Å². The molecule has 0 bridgehead atoms. The van der Waals surface area contributed by atoms with Gasteiger partial charge < -0.3 is 5.32 Å². The van der Waals surface area contributed by atoms with Crippen molar-refractivity contribution in [2.75, 3.05) is 5.32 Å². The average Bonchev–Trinajstić information content (AvgIpc) is 2.37. The number of nitrogens with one attached hydrogen (secondary N) is 1. The van der Waals surface area contributed by atoms with E-state index >= 15 is 0 Å². The van der Waals surface area contributed by atoms with Crippen molar-refractivity contribution in [3.05, 3.63) is 58.9 Å². The van der Waals surface area contributed by atoms with E-state index in [1.165, 1.54) is 0 Å². The summed E-state index contributed by atoms with van der Waals surface area (Å²) >= 11 is 0. The molecule has 0 aliphatic rings. The van der Waals surface area contributed by atoms with Crippen LogP contribution in [0.3, 0.4) is 0 Å². The summed E-state index contributed by atoms with van der Waals surface area (Å²) in [5.74, 6) is -0.287. The van der Waals surface area contributed by atoms with Crippen molar-refractivity contribution in [1.82, 2.24) is 0 Å². The lowest BCUT2D eigenvalue weighted by atomic mass is 10.1. The molecule has 2 nitrogen and oxygen atoms in total. The molecule has 0 spiro atoms. The van der Waals surface area contributed by atoms with Crippen LogP contribution in [0.5, 0.6) is 0 Å². The number of halogens is 1. The molecule has 0 saturated carbocycles. The summed E-state index contributed by atoms with van der Waals surface area (Å²) in [4.78, 5) is 0. The van der Waals surface area contributed by atoms with E-state index in [4.69, 9.17) is 5.26 Å². The summed E-state index contributed by atoms with van der Waals surface area (Å²) in [5, 5.41) is 12.1. The number of para-hydroxylation sites is 1. The van der Waals surface area contributed by atoms with Crippen LogP contribution in [0.4, 0.5) is 15.8 Å². The minimum absolute atomic E-state index is 0.287. The lowest BCUT2D eigenvalue weighted by Crippen LogP contribution is -1.99. The number of nitriles is 1. The van der Waals surface area contributed by atoms with Crippen LogP contribution < -0.4 is 5.32 Å². The van der Waals surface area contributed by atoms with Gasteiger partial charge in [0.2, 0.25) is 0 Å². The Labute approximate surface area is 106 Å². The highest BCUT2D eigenvalue weighted by molar-refractivity contribution is 5.70. The molecule has 0 amide bonds. The third kappa shape index (κ3) is 2.18. The molecule has 2 aromatic carbocycles. The lowest BCUT2D eigenvalue weighted by Gasteiger charge is -2.12. The Morgan fingerprint density at radius 1 is 1.06 bits per heavy atom. The molecule has 0 fully saturated rings. The molecule has 0 heterocycles. The molecule has 3 heteroatoms. The van der Waals surface area contributed by atoms with E-state index in [0.717, 1.165) is 5.56 Å². The van der Waals surface area contributed by atoms with Gasteiger partial charge in [-0.05, 0) is 37.1 Å². The molecule has 0 saturated heterocycles. The molecule has 90 valence electrons. The molecule has 2 rings (SSSR count). The summed E-state index contributed by atoms with van der Waals surface area (Å²) < 4.78 is 13.9. The maximum Gasteiger partial charge on any atom is 0.149 e. The molecule has 0 unspecified atom stereocenters. The van der Waals surface area contributed by atoms with Crippen molar-refractivity contribution in [1.29, 1.82) is 5.26 Å². The molecule has 0 aromatic heterocycles. The van der Waals surface area contributed by atoms with Gasteiger partial charge in [-0.25, -0.2) is 4.39 Å². The van der Waals surface area contributed by atoms with E-state index in [2.05, 4.69) is 11.4 Å². The SMILES string of the molecule is Cc1cccc(Nc2c(C)cccc2C#N)c1F. The topological polar surface area (TPSA) is 35.8 Å². The van der Waals surface area contributed by atoms with Crippen LogP contribution in [0, 0.1) is 31.0 Å². The summed E-state index contributed by atoms with van der Waals surface area (Å²) in [6, 6.07) is 12.7. The van der Waals surface area contributed by atoms with Crippen LogP contribution in [-0.2, 0) is 0 Å². The fourth-order valence-electron chi connectivity index (χ4n) is 1.81. The molecular formula is C15H13FN2. The predicted molar refractivity (Wildman–Crippen MR) is 70.3 cm³/mol. The molecule has 18 heavy (non-hydrogen) atoms. The van der Waals surface area contributed by atoms with Crippen molar-refractivity contribution in [3.8, 4) is 6.07 Å². The Morgan fingerprint density at radius 2 is 1.72 bits per heavy atom. The first-order chi connectivity index (χ1) is 8.63. The van der Waals surface area contributed by atoms with E-state index in [1.807, 2.05) is 19.1 Å². The number of benzene rings is 2. The van der Waals surface area contributed by atoms with Crippen LogP contribution in [0.15, 0.2) is 36.4 Å². The Bertz CT molecular complexity index is 627. The quantitative estimate of drug-likeness (QED) is 0.859. The van der Waals surface area contributed by atoms with E-state index < -0.39 is 0 Å². The minimum Gasteiger partial charge on any atom is -0.352 e. The number of aryl methyl sites for hydroxylation is 2. The molecule has 0 radical (unpaired) electrons. The molecular weight excluding hydrogens is 227 g/mol. The smallest absolute Gasteiger partial charge is 0.149 e. The average molecular weight is 240 g/mol. The normalized spacial score (nSPS) is 9.89. The maximum atomic E-state index is 13.9. The summed E-state index contributed by atoms with van der Waals surface area (Å²) in [5.41, 5.74) is 3.04. The van der Waals surface area contributed by atoms with Gasteiger partial charge in [-0.1, -0.05) is 24.3 Å². The van der Waals surface area contributed by atoms with Crippen molar-refractivity contribution in [2.24, 2.45) is 0 Å². The first kappa shape index (κ1) is 12.1. The summed E-state index contributed by atoms with van der Waals surface area (Å²) in [7, 11) is 0. The fourth-order valence-corrected chi connectivity index (χ4v) is 1.81. The van der Waals surface area contributed by atoms with E-state index in [-0.39, 0.29) is 5.82 Å². The molecule has 2 aromatic rings. The van der Waals surface area contributed by atoms with Crippen LogP contribution in [0.2, 0.25) is 0 Å². The van der Waals surface area contributed by atoms with Crippen molar-refractivity contribution in [2.45, 2.75) is 13.8 Å². The van der Waals surface area contributed by atoms with Gasteiger partial charge in [0.05, 0.1) is 16.9 Å². The number of hydrogen-bond donors (Lipinski definition) is 1. The van der Waals surface area contributed by atoms with Crippen molar-refractivity contribution in [3.63, 3.8) is 0 Å². The van der Waals surface area contributed by atoms with E-state index in [9.17, 15) is 4.39 Å². The fraction of sp³-hybridized carbons (Fsp3) is 0.133. The van der Waals surface area contributed by atoms with Crippen LogP contribution in [-0.4, -0.2) is 0 Å². The maximum absolute atomic E-state index is 13.9. The molecule has 0 atom stereocenters. The highest BCUT2D eigenvalue weighted by atomic mass is 19.1. The zero-order valence-electron chi connectivity index (χ0n) is 10.3. The highest BCUT2D eigenvalue weighted by Crippen LogP contribution is 2.27. The summed E-state index contributed by atoms with van der Waals surface area (Å²) in [6.07, 6.45) is 0. The number of hydrogen-bond acceptors (Lipinski definition) is 2. The monoisotopic (exact) mass is 240 g/mol. The van der Waals surface area contributed by atoms with Crippen molar-refractivity contribution < 1.29 is 4.39 Å². The van der Waals surface area contributed by atoms with Gasteiger partial charge in [-0.3, -0.25) is 0 Å². The second-order valence-corrected chi connectivity index (χ2v) is 4.17. The van der Waals surface area contributed by atoms with Crippen molar-refractivity contribution >= 4 is 11.4 Å². The summed E-state index contributed by atoms with van der Waals surface area (Å²) in [6.45, 7) is 3.60. The number of nitrogens with zero attached hydrogens (tertiary/aromatic N) is 1. The third-order valence-corrected chi connectivity index (χ3v) is 2.84. The third-order valence-electron chi connectivity index (χ3n) is 2.84. The van der Waals surface area contributed by atoms with Gasteiger partial charge in [-0.2, -0.15) is 5.26 Å². The Morgan fingerprint density at radius 3 is 2.44 bits per heavy atom. The first-order valence-electron chi connectivity index (χ1n) is 5.65. The zero-order chi connectivity index (χ0) is 13.1. The number of anilines is 2. The van der Waals surface area contributed by atoms with Gasteiger partial charge in [0.25, 0.3) is 0 Å². The highest BCUT2D eigenvalue weighted by Gasteiger charge is 2.09. The second kappa shape index (κ2) is 4.89. The van der Waals surface area contributed by atoms with E-state index in [1.54, 1.807) is 31.2 Å². The standard InChI is InChI=1S/C15H13FN2/c1-10-5-4-8-13(14(10)16)18-15-11(2)6-3-7-12(15)9-17/h3-8,18H,1-2H3. The first-order valence-corrected chi connectivity index (χ1v) is 5.65. The molecule has 1 N–H and O–H groups in total. The second-order valence-electron chi connectivity index (χ2n) is 4.17. The van der Waals surface area contributed by atoms with Gasteiger partial charge in [0, 0.05) is 0 Å². The largest absolute Gasteiger partial charge is 0.352 e. The van der Waals surface area contributed by atoms with Crippen LogP contribution >= 0.6 is 0 Å². The van der Waals surface area contributed by atoms with Gasteiger partial charge >= 0.3 is 0 Å². The lowest BCUT2D eigenvalue weighted by molar-refractivity contribution is 0.622. The predicted octanol–water partition coefficient (Wildman–Crippen LogP) is 4.06. The van der Waals surface area contributed by atoms with Crippen LogP contribution in [0.1, 0.15) is 16.7 Å². The number of rotatable bonds is 2. The van der Waals surface area contributed by atoms with E-state index in [0.29, 0.717) is 22.5 Å². The molecule has 0 aliphatic heterocycles. The van der Waals surface area contributed by atoms with Gasteiger partial charge in [0.1, 0.15) is 11.9 Å². The Balaban J connectivity index is 2.47. The molecule has 0 aliphatic carbocycles. The van der Waals surface area contributed by atoms with Crippen LogP contribution in [0.25, 0.3) is 0 Å². The van der Waals surface area contributed by atoms with Gasteiger partial charge in [0.15, 0.2) is 0 Å². The Hall–Kier alpha value is -2.34.